The third kappa shape index (κ3) is 5.11. The molecule has 1 aromatic heterocycles. The molecule has 11 aromatic carbocycles. The van der Waals surface area contributed by atoms with Gasteiger partial charge in [0.05, 0.1) is 11.1 Å². The highest BCUT2D eigenvalue weighted by Gasteiger charge is 2.51. The summed E-state index contributed by atoms with van der Waals surface area (Å²) >= 11 is 0. The molecule has 1 heterocycles. The zero-order valence-electron chi connectivity index (χ0n) is 35.4. The second-order valence-electron chi connectivity index (χ2n) is 17.5. The third-order valence-corrected chi connectivity index (χ3v) is 14.3. The Labute approximate surface area is 376 Å². The van der Waals surface area contributed by atoms with Crippen LogP contribution in [0.4, 0.5) is 17.1 Å². The van der Waals surface area contributed by atoms with Crippen molar-refractivity contribution in [1.82, 2.24) is 0 Å². The van der Waals surface area contributed by atoms with E-state index in [0.717, 1.165) is 50.1 Å². The molecule has 302 valence electrons. The molecule has 12 aromatic rings. The Balaban J connectivity index is 1.01. The Hall–Kier alpha value is -8.46. The number of hydrogen-bond acceptors (Lipinski definition) is 2. The lowest BCUT2D eigenvalue weighted by Gasteiger charge is -2.32. The third-order valence-electron chi connectivity index (χ3n) is 14.3. The molecular weight excluding hydrogens is 787 g/mol. The van der Waals surface area contributed by atoms with Crippen molar-refractivity contribution in [2.75, 3.05) is 4.90 Å². The van der Waals surface area contributed by atoms with Gasteiger partial charge in [-0.3, -0.25) is 0 Å². The van der Waals surface area contributed by atoms with Gasteiger partial charge in [0.1, 0.15) is 11.2 Å². The van der Waals surface area contributed by atoms with E-state index < -0.39 is 5.41 Å². The van der Waals surface area contributed by atoms with Crippen LogP contribution in [0.2, 0.25) is 0 Å². The summed E-state index contributed by atoms with van der Waals surface area (Å²) in [6.45, 7) is 0. The van der Waals surface area contributed by atoms with E-state index in [1.165, 1.54) is 77.2 Å². The van der Waals surface area contributed by atoms with Crippen LogP contribution in [0.3, 0.4) is 0 Å². The average molecular weight is 826 g/mol. The van der Waals surface area contributed by atoms with Crippen molar-refractivity contribution in [2.45, 2.75) is 5.41 Å². The van der Waals surface area contributed by atoms with Gasteiger partial charge in [-0.2, -0.15) is 0 Å². The van der Waals surface area contributed by atoms with Gasteiger partial charge in [0.15, 0.2) is 0 Å². The minimum atomic E-state index is -0.470. The smallest absolute Gasteiger partial charge is 0.143 e. The molecule has 2 aliphatic rings. The minimum Gasteiger partial charge on any atom is -0.455 e. The van der Waals surface area contributed by atoms with Crippen LogP contribution in [0, 0.1) is 0 Å². The molecule has 0 amide bonds. The lowest BCUT2D eigenvalue weighted by atomic mass is 9.70. The Morgan fingerprint density at radius 3 is 1.54 bits per heavy atom. The van der Waals surface area contributed by atoms with E-state index in [1.54, 1.807) is 0 Å². The van der Waals surface area contributed by atoms with Gasteiger partial charge >= 0.3 is 0 Å². The van der Waals surface area contributed by atoms with Gasteiger partial charge in [0, 0.05) is 33.3 Å². The molecule has 0 saturated carbocycles. The van der Waals surface area contributed by atoms with Gasteiger partial charge < -0.3 is 9.32 Å². The first-order chi connectivity index (χ1) is 32.2. The lowest BCUT2D eigenvalue weighted by Crippen LogP contribution is -2.26. The van der Waals surface area contributed by atoms with E-state index >= 15 is 0 Å². The zero-order chi connectivity index (χ0) is 42.6. The molecule has 65 heavy (non-hydrogen) atoms. The Morgan fingerprint density at radius 2 is 0.815 bits per heavy atom. The number of anilines is 3. The predicted molar refractivity (Wildman–Crippen MR) is 271 cm³/mol. The fourth-order valence-corrected chi connectivity index (χ4v) is 11.5. The molecule has 2 heteroatoms. The fraction of sp³-hybridized carbons (Fsp3) is 0.0159. The highest BCUT2D eigenvalue weighted by Crippen LogP contribution is 2.63. The van der Waals surface area contributed by atoms with Crippen molar-refractivity contribution in [3.05, 3.63) is 259 Å². The summed E-state index contributed by atoms with van der Waals surface area (Å²) < 4.78 is 6.90. The Morgan fingerprint density at radius 1 is 0.308 bits per heavy atom. The van der Waals surface area contributed by atoms with E-state index in [-0.39, 0.29) is 0 Å². The summed E-state index contributed by atoms with van der Waals surface area (Å²) in [5, 5.41) is 7.09. The molecule has 2 aliphatic carbocycles. The molecule has 1 spiro atoms. The number of para-hydroxylation sites is 2. The van der Waals surface area contributed by atoms with Crippen molar-refractivity contribution in [1.29, 1.82) is 0 Å². The van der Waals surface area contributed by atoms with Gasteiger partial charge in [-0.1, -0.05) is 194 Å². The number of nitrogens with zero attached hydrogens (tertiary/aromatic N) is 1. The van der Waals surface area contributed by atoms with E-state index in [2.05, 4.69) is 241 Å². The van der Waals surface area contributed by atoms with Crippen LogP contribution < -0.4 is 4.90 Å². The molecule has 0 bridgehead atoms. The molecule has 0 N–H and O–H groups in total. The van der Waals surface area contributed by atoms with Crippen molar-refractivity contribution < 1.29 is 4.42 Å². The lowest BCUT2D eigenvalue weighted by molar-refractivity contribution is 0.670. The average Bonchev–Trinajstić information content (AvgIpc) is 3.99. The quantitative estimate of drug-likeness (QED) is 0.172. The van der Waals surface area contributed by atoms with Crippen molar-refractivity contribution in [3.63, 3.8) is 0 Å². The van der Waals surface area contributed by atoms with Crippen LogP contribution in [-0.4, -0.2) is 0 Å². The number of hydrogen-bond donors (Lipinski definition) is 0. The molecule has 0 unspecified atom stereocenters. The van der Waals surface area contributed by atoms with Gasteiger partial charge in [-0.25, -0.2) is 0 Å². The minimum absolute atomic E-state index is 0.470. The monoisotopic (exact) mass is 825 g/mol. The Bertz CT molecular complexity index is 3840. The SMILES string of the molecule is c1ccc(N(c2ccc(-c3cccc4ccccc34)cc2)c2ccc3c(c2)C2(c4ccccc4-c4ccccc42)c2ccccc2-3)c(-c2cccc3c2oc2cc4ccccc4cc23)c1. The number of furan rings is 1. The van der Waals surface area contributed by atoms with E-state index in [9.17, 15) is 0 Å². The molecule has 14 rings (SSSR count). The zero-order valence-corrected chi connectivity index (χ0v) is 35.4. The van der Waals surface area contributed by atoms with E-state index in [1.807, 2.05) is 0 Å². The van der Waals surface area contributed by atoms with Crippen LogP contribution in [0.5, 0.6) is 0 Å². The first-order valence-electron chi connectivity index (χ1n) is 22.5. The molecule has 0 radical (unpaired) electrons. The highest BCUT2D eigenvalue weighted by atomic mass is 16.3. The second-order valence-corrected chi connectivity index (χ2v) is 17.5. The molecule has 0 fully saturated rings. The predicted octanol–water partition coefficient (Wildman–Crippen LogP) is 17.0. The largest absolute Gasteiger partial charge is 0.455 e. The number of rotatable bonds is 5. The summed E-state index contributed by atoms with van der Waals surface area (Å²) in [7, 11) is 0. The maximum absolute atomic E-state index is 6.90. The van der Waals surface area contributed by atoms with Gasteiger partial charge in [0.2, 0.25) is 0 Å². The van der Waals surface area contributed by atoms with Crippen LogP contribution in [0.1, 0.15) is 22.3 Å². The van der Waals surface area contributed by atoms with Crippen molar-refractivity contribution in [3.8, 4) is 44.5 Å². The van der Waals surface area contributed by atoms with Crippen LogP contribution in [0.25, 0.3) is 88.0 Å². The van der Waals surface area contributed by atoms with E-state index in [0.29, 0.717) is 0 Å². The molecule has 2 nitrogen and oxygen atoms in total. The first kappa shape index (κ1) is 36.1. The molecule has 0 saturated heterocycles. The van der Waals surface area contributed by atoms with Crippen LogP contribution in [0.15, 0.2) is 241 Å². The maximum Gasteiger partial charge on any atom is 0.143 e. The van der Waals surface area contributed by atoms with E-state index in [4.69, 9.17) is 4.42 Å². The molecule has 0 aliphatic heterocycles. The molecular formula is C63H39NO. The van der Waals surface area contributed by atoms with Gasteiger partial charge in [-0.05, 0) is 120 Å². The maximum atomic E-state index is 6.90. The fourth-order valence-electron chi connectivity index (χ4n) is 11.5. The summed E-state index contributed by atoms with van der Waals surface area (Å²) in [5.74, 6) is 0. The first-order valence-corrected chi connectivity index (χ1v) is 22.5. The molecule has 0 atom stereocenters. The summed E-state index contributed by atoms with van der Waals surface area (Å²) in [5.41, 5.74) is 19.6. The topological polar surface area (TPSA) is 16.4 Å². The Kier molecular flexibility index (Phi) is 7.64. The summed E-state index contributed by atoms with van der Waals surface area (Å²) in [6, 6.07) is 87.1. The number of fused-ring (bicyclic) bond motifs is 15. The van der Waals surface area contributed by atoms with Crippen LogP contribution >= 0.6 is 0 Å². The standard InChI is InChI=1S/C63H39NO/c1-2-17-43-38-61-55(37-42(43)16-1)54-26-14-25-53(62(54)65-61)52-23-8-12-30-60(52)64(44-33-31-41(32-34-44)47-24-13-18-40-15-3-4-19-46(40)47)45-35-36-51-50-22-7-11-29-58(50)63(59(51)39-45)56-27-9-5-20-48(56)49-21-6-10-28-57(49)63/h1-39H. The van der Waals surface area contributed by atoms with Crippen molar-refractivity contribution >= 4 is 60.5 Å². The highest BCUT2D eigenvalue weighted by molar-refractivity contribution is 6.14. The summed E-state index contributed by atoms with van der Waals surface area (Å²) in [6.07, 6.45) is 0. The van der Waals surface area contributed by atoms with Crippen molar-refractivity contribution in [2.24, 2.45) is 0 Å². The normalized spacial score (nSPS) is 13.0. The van der Waals surface area contributed by atoms with Crippen LogP contribution in [-0.2, 0) is 5.41 Å². The van der Waals surface area contributed by atoms with Gasteiger partial charge in [-0.15, -0.1) is 0 Å². The summed E-state index contributed by atoms with van der Waals surface area (Å²) in [4.78, 5) is 2.46. The second kappa shape index (κ2) is 13.8. The van der Waals surface area contributed by atoms with Gasteiger partial charge in [0.25, 0.3) is 0 Å². The number of benzene rings is 11.